The van der Waals surface area contributed by atoms with E-state index in [-0.39, 0.29) is 5.91 Å². The fourth-order valence-corrected chi connectivity index (χ4v) is 2.91. The van der Waals surface area contributed by atoms with Crippen molar-refractivity contribution >= 4 is 40.7 Å². The fourth-order valence-electron chi connectivity index (χ4n) is 2.16. The van der Waals surface area contributed by atoms with Crippen molar-refractivity contribution in [3.63, 3.8) is 0 Å². The van der Waals surface area contributed by atoms with Crippen molar-refractivity contribution in [3.8, 4) is 5.75 Å². The Morgan fingerprint density at radius 3 is 2.46 bits per heavy atom. The molecule has 1 amide bonds. The molecule has 8 heteroatoms. The predicted octanol–water partition coefficient (Wildman–Crippen LogP) is 4.23. The van der Waals surface area contributed by atoms with Gasteiger partial charge in [-0.25, -0.2) is 4.79 Å². The van der Waals surface area contributed by atoms with Crippen LogP contribution in [-0.4, -0.2) is 21.5 Å². The number of aromatic nitrogens is 2. The van der Waals surface area contributed by atoms with Crippen LogP contribution in [-0.2, 0) is 6.42 Å². The Kier molecular flexibility index (Phi) is 5.60. The Morgan fingerprint density at radius 2 is 1.81 bits per heavy atom. The molecule has 0 aliphatic carbocycles. The van der Waals surface area contributed by atoms with Crippen LogP contribution < -0.4 is 10.1 Å². The van der Waals surface area contributed by atoms with E-state index in [0.717, 1.165) is 11.5 Å². The van der Waals surface area contributed by atoms with Crippen LogP contribution in [0.3, 0.4) is 0 Å². The van der Waals surface area contributed by atoms with Gasteiger partial charge in [-0.2, -0.15) is 0 Å². The third-order valence-electron chi connectivity index (χ3n) is 3.51. The average molecular weight is 388 g/mol. The number of aryl methyl sites for hydroxylation is 1. The number of halogens is 1. The minimum atomic E-state index is -0.491. The van der Waals surface area contributed by atoms with Crippen molar-refractivity contribution < 1.29 is 14.3 Å². The van der Waals surface area contributed by atoms with E-state index < -0.39 is 5.97 Å². The van der Waals surface area contributed by atoms with E-state index in [2.05, 4.69) is 14.9 Å². The van der Waals surface area contributed by atoms with Gasteiger partial charge in [0.1, 0.15) is 5.75 Å². The van der Waals surface area contributed by atoms with E-state index in [0.29, 0.717) is 39.0 Å². The second kappa shape index (κ2) is 8.07. The molecule has 0 atom stereocenters. The number of anilines is 1. The van der Waals surface area contributed by atoms with Crippen LogP contribution in [0.15, 0.2) is 48.5 Å². The molecule has 0 saturated heterocycles. The lowest BCUT2D eigenvalue weighted by molar-refractivity contribution is 0.0738. The molecule has 0 radical (unpaired) electrons. The topological polar surface area (TPSA) is 81.2 Å². The quantitative estimate of drug-likeness (QED) is 0.523. The Labute approximate surface area is 158 Å². The van der Waals surface area contributed by atoms with Crippen LogP contribution in [0.5, 0.6) is 5.75 Å². The highest BCUT2D eigenvalue weighted by molar-refractivity contribution is 7.07. The highest BCUT2D eigenvalue weighted by Crippen LogP contribution is 2.20. The average Bonchev–Trinajstić information content (AvgIpc) is 3.13. The van der Waals surface area contributed by atoms with E-state index in [9.17, 15) is 9.59 Å². The Balaban J connectivity index is 1.64. The first-order chi connectivity index (χ1) is 12.6. The minimum Gasteiger partial charge on any atom is -0.422 e. The smallest absolute Gasteiger partial charge is 0.357 e. The van der Waals surface area contributed by atoms with Crippen molar-refractivity contribution in [1.82, 2.24) is 9.59 Å². The standard InChI is InChI=1S/C18H14ClN3O3S/c1-2-15-16(26-22-21-15)18(24)25-14-9-7-13(8-10-14)20-17(23)11-3-5-12(19)6-4-11/h3-10H,2H2,1H3,(H,20,23). The molecule has 6 nitrogen and oxygen atoms in total. The molecule has 0 fully saturated rings. The summed E-state index contributed by atoms with van der Waals surface area (Å²) in [6.07, 6.45) is 0.608. The fraction of sp³-hybridized carbons (Fsp3) is 0.111. The van der Waals surface area contributed by atoms with E-state index >= 15 is 0 Å². The lowest BCUT2D eigenvalue weighted by Crippen LogP contribution is -2.12. The highest BCUT2D eigenvalue weighted by atomic mass is 35.5. The lowest BCUT2D eigenvalue weighted by Gasteiger charge is -2.07. The van der Waals surface area contributed by atoms with Crippen LogP contribution >= 0.6 is 23.1 Å². The number of carbonyl (C=O) groups is 2. The number of nitrogens with one attached hydrogen (secondary N) is 1. The number of hydrogen-bond donors (Lipinski definition) is 1. The first-order valence-corrected chi connectivity index (χ1v) is 8.92. The van der Waals surface area contributed by atoms with Gasteiger partial charge in [0.25, 0.3) is 5.91 Å². The van der Waals surface area contributed by atoms with Gasteiger partial charge >= 0.3 is 5.97 Å². The van der Waals surface area contributed by atoms with E-state index in [1.807, 2.05) is 6.92 Å². The zero-order chi connectivity index (χ0) is 18.5. The monoisotopic (exact) mass is 387 g/mol. The Morgan fingerprint density at radius 1 is 1.12 bits per heavy atom. The van der Waals surface area contributed by atoms with Gasteiger partial charge in [0.05, 0.1) is 5.69 Å². The molecule has 0 unspecified atom stereocenters. The van der Waals surface area contributed by atoms with Gasteiger partial charge in [-0.15, -0.1) is 5.10 Å². The first-order valence-electron chi connectivity index (χ1n) is 7.77. The molecule has 0 aliphatic heterocycles. The molecule has 0 saturated carbocycles. The number of benzene rings is 2. The second-order valence-electron chi connectivity index (χ2n) is 5.28. The molecule has 1 aromatic heterocycles. The molecular weight excluding hydrogens is 374 g/mol. The van der Waals surface area contributed by atoms with Gasteiger partial charge in [0.2, 0.25) is 0 Å². The number of esters is 1. The normalized spacial score (nSPS) is 10.4. The molecule has 0 spiro atoms. The number of rotatable bonds is 5. The van der Waals surface area contributed by atoms with Gasteiger partial charge in [-0.1, -0.05) is 23.0 Å². The molecule has 2 aromatic carbocycles. The highest BCUT2D eigenvalue weighted by Gasteiger charge is 2.17. The maximum atomic E-state index is 12.2. The minimum absolute atomic E-state index is 0.255. The Hall–Kier alpha value is -2.77. The summed E-state index contributed by atoms with van der Waals surface area (Å²) in [5, 5.41) is 7.22. The molecule has 26 heavy (non-hydrogen) atoms. The van der Waals surface area contributed by atoms with E-state index in [1.165, 1.54) is 0 Å². The molecular formula is C18H14ClN3O3S. The van der Waals surface area contributed by atoms with Crippen LogP contribution in [0.25, 0.3) is 0 Å². The molecule has 1 heterocycles. The van der Waals surface area contributed by atoms with Crippen LogP contribution in [0.1, 0.15) is 32.6 Å². The molecule has 1 N–H and O–H groups in total. The van der Waals surface area contributed by atoms with Crippen LogP contribution in [0, 0.1) is 0 Å². The predicted molar refractivity (Wildman–Crippen MR) is 100 cm³/mol. The first kappa shape index (κ1) is 18.0. The van der Waals surface area contributed by atoms with Crippen molar-refractivity contribution in [2.24, 2.45) is 0 Å². The summed E-state index contributed by atoms with van der Waals surface area (Å²) in [7, 11) is 0. The molecule has 0 aliphatic rings. The molecule has 0 bridgehead atoms. The molecule has 132 valence electrons. The number of ether oxygens (including phenoxy) is 1. The van der Waals surface area contributed by atoms with Crippen molar-refractivity contribution in [2.45, 2.75) is 13.3 Å². The maximum Gasteiger partial charge on any atom is 0.357 e. The van der Waals surface area contributed by atoms with Gasteiger partial charge in [-0.3, -0.25) is 4.79 Å². The number of nitrogens with zero attached hydrogens (tertiary/aromatic N) is 2. The second-order valence-corrected chi connectivity index (χ2v) is 6.47. The summed E-state index contributed by atoms with van der Waals surface area (Å²) in [6, 6.07) is 13.1. The third kappa shape index (κ3) is 4.25. The zero-order valence-corrected chi connectivity index (χ0v) is 15.3. The van der Waals surface area contributed by atoms with Gasteiger partial charge < -0.3 is 10.1 Å². The van der Waals surface area contributed by atoms with Gasteiger partial charge in [0, 0.05) is 16.3 Å². The van der Waals surface area contributed by atoms with Gasteiger partial charge in [-0.05, 0) is 66.5 Å². The largest absolute Gasteiger partial charge is 0.422 e. The summed E-state index contributed by atoms with van der Waals surface area (Å²) in [5.74, 6) is -0.375. The number of hydrogen-bond acceptors (Lipinski definition) is 6. The Bertz CT molecular complexity index is 924. The molecule has 3 aromatic rings. The summed E-state index contributed by atoms with van der Waals surface area (Å²) in [6.45, 7) is 1.89. The third-order valence-corrected chi connectivity index (χ3v) is 4.51. The SMILES string of the molecule is CCc1nnsc1C(=O)Oc1ccc(NC(=O)c2ccc(Cl)cc2)cc1. The summed E-state index contributed by atoms with van der Waals surface area (Å²) < 4.78 is 9.09. The lowest BCUT2D eigenvalue weighted by atomic mass is 10.2. The zero-order valence-electron chi connectivity index (χ0n) is 13.7. The maximum absolute atomic E-state index is 12.2. The number of carbonyl (C=O) groups excluding carboxylic acids is 2. The summed E-state index contributed by atoms with van der Waals surface area (Å²) >= 11 is 6.82. The van der Waals surface area contributed by atoms with Gasteiger partial charge in [0.15, 0.2) is 4.88 Å². The van der Waals surface area contributed by atoms with Crippen molar-refractivity contribution in [3.05, 3.63) is 69.7 Å². The van der Waals surface area contributed by atoms with E-state index in [1.54, 1.807) is 48.5 Å². The van der Waals surface area contributed by atoms with Crippen LogP contribution in [0.2, 0.25) is 5.02 Å². The molecule has 3 rings (SSSR count). The van der Waals surface area contributed by atoms with Crippen molar-refractivity contribution in [1.29, 1.82) is 0 Å². The van der Waals surface area contributed by atoms with E-state index in [4.69, 9.17) is 16.3 Å². The van der Waals surface area contributed by atoms with Crippen LogP contribution in [0.4, 0.5) is 5.69 Å². The van der Waals surface area contributed by atoms with Crippen molar-refractivity contribution in [2.75, 3.05) is 5.32 Å². The summed E-state index contributed by atoms with van der Waals surface area (Å²) in [5.41, 5.74) is 1.69. The number of amides is 1. The summed E-state index contributed by atoms with van der Waals surface area (Å²) in [4.78, 5) is 24.7.